The summed E-state index contributed by atoms with van der Waals surface area (Å²) in [4.78, 5) is 12.5. The number of hydrogen-bond acceptors (Lipinski definition) is 3. The Hall–Kier alpha value is -0.390. The molecule has 0 aliphatic carbocycles. The number of hydrogen-bond donors (Lipinski definition) is 2. The van der Waals surface area contributed by atoms with Crippen LogP contribution in [0.1, 0.15) is 41.9 Å². The minimum atomic E-state index is -0.825. The molecular formula is C12H18BrNO2S. The van der Waals surface area contributed by atoms with E-state index in [0.717, 1.165) is 15.8 Å². The summed E-state index contributed by atoms with van der Waals surface area (Å²) in [6.45, 7) is 5.99. The van der Waals surface area contributed by atoms with E-state index in [2.05, 4.69) is 21.2 Å². The molecule has 0 aromatic carbocycles. The summed E-state index contributed by atoms with van der Waals surface area (Å²) in [6, 6.07) is 1.85. The van der Waals surface area contributed by atoms with E-state index < -0.39 is 5.60 Å². The van der Waals surface area contributed by atoms with Gasteiger partial charge >= 0.3 is 0 Å². The first-order chi connectivity index (χ1) is 7.85. The molecule has 96 valence electrons. The molecule has 1 atom stereocenters. The van der Waals surface area contributed by atoms with E-state index in [0.29, 0.717) is 11.3 Å². The first kappa shape index (κ1) is 14.7. The monoisotopic (exact) mass is 319 g/mol. The van der Waals surface area contributed by atoms with Gasteiger partial charge in [0.1, 0.15) is 0 Å². The maximum Gasteiger partial charge on any atom is 0.261 e. The van der Waals surface area contributed by atoms with E-state index in [-0.39, 0.29) is 12.5 Å². The predicted molar refractivity (Wildman–Crippen MR) is 74.6 cm³/mol. The number of nitrogens with one attached hydrogen (secondary N) is 1. The third kappa shape index (κ3) is 4.41. The zero-order valence-corrected chi connectivity index (χ0v) is 12.7. The second-order valence-electron chi connectivity index (χ2n) is 4.50. The molecule has 0 aliphatic heterocycles. The maximum absolute atomic E-state index is 11.8. The van der Waals surface area contributed by atoms with Gasteiger partial charge in [-0.25, -0.2) is 0 Å². The Morgan fingerprint density at radius 1 is 1.65 bits per heavy atom. The van der Waals surface area contributed by atoms with Gasteiger partial charge in [-0.05, 0) is 47.8 Å². The summed E-state index contributed by atoms with van der Waals surface area (Å²) in [6.07, 6.45) is 1.58. The van der Waals surface area contributed by atoms with Crippen LogP contribution >= 0.6 is 27.3 Å². The molecule has 1 aromatic heterocycles. The second kappa shape index (κ2) is 5.98. The fourth-order valence-electron chi connectivity index (χ4n) is 1.56. The van der Waals surface area contributed by atoms with Gasteiger partial charge in [-0.1, -0.05) is 13.3 Å². The highest BCUT2D eigenvalue weighted by molar-refractivity contribution is 9.11. The van der Waals surface area contributed by atoms with Crippen molar-refractivity contribution in [2.24, 2.45) is 0 Å². The number of thiophene rings is 1. The zero-order valence-electron chi connectivity index (χ0n) is 10.3. The first-order valence-electron chi connectivity index (χ1n) is 5.62. The van der Waals surface area contributed by atoms with Crippen LogP contribution in [-0.4, -0.2) is 23.2 Å². The van der Waals surface area contributed by atoms with Crippen molar-refractivity contribution in [1.29, 1.82) is 0 Å². The van der Waals surface area contributed by atoms with E-state index in [1.165, 1.54) is 11.3 Å². The molecule has 0 bridgehead atoms. The molecule has 3 nitrogen and oxygen atoms in total. The van der Waals surface area contributed by atoms with Crippen molar-refractivity contribution in [1.82, 2.24) is 5.32 Å². The van der Waals surface area contributed by atoms with Crippen molar-refractivity contribution in [3.05, 3.63) is 20.3 Å². The van der Waals surface area contributed by atoms with Crippen LogP contribution in [0.25, 0.3) is 0 Å². The predicted octanol–water partition coefficient (Wildman–Crippen LogP) is 3.10. The average Bonchev–Trinajstić information content (AvgIpc) is 2.56. The van der Waals surface area contributed by atoms with Crippen LogP contribution in [-0.2, 0) is 0 Å². The second-order valence-corrected chi connectivity index (χ2v) is 6.87. The summed E-state index contributed by atoms with van der Waals surface area (Å²) in [5.74, 6) is -0.125. The van der Waals surface area contributed by atoms with Gasteiger partial charge in [0.25, 0.3) is 5.91 Å². The minimum absolute atomic E-state index is 0.125. The summed E-state index contributed by atoms with van der Waals surface area (Å²) < 4.78 is 0.975. The van der Waals surface area contributed by atoms with Crippen LogP contribution in [0.5, 0.6) is 0 Å². The summed E-state index contributed by atoms with van der Waals surface area (Å²) in [7, 11) is 0. The van der Waals surface area contributed by atoms with Crippen molar-refractivity contribution in [2.45, 2.75) is 39.2 Å². The fourth-order valence-corrected chi connectivity index (χ4v) is 3.01. The molecule has 2 N–H and O–H groups in total. The SMILES string of the molecule is CCCC(C)(O)CNC(=O)c1cc(C)c(Br)s1. The standard InChI is InChI=1S/C12H18BrNO2S/c1-4-5-12(3,16)7-14-11(15)9-6-8(2)10(13)17-9/h6,16H,4-5,7H2,1-3H3,(H,14,15). The number of carbonyl (C=O) groups is 1. The lowest BCUT2D eigenvalue weighted by Gasteiger charge is -2.22. The Bertz CT molecular complexity index is 382. The third-order valence-corrected chi connectivity index (χ3v) is 4.63. The zero-order chi connectivity index (χ0) is 13.1. The maximum atomic E-state index is 11.8. The van der Waals surface area contributed by atoms with Crippen molar-refractivity contribution in [2.75, 3.05) is 6.54 Å². The van der Waals surface area contributed by atoms with E-state index in [1.54, 1.807) is 6.92 Å². The highest BCUT2D eigenvalue weighted by Crippen LogP contribution is 2.27. The van der Waals surface area contributed by atoms with Crippen LogP contribution in [0.3, 0.4) is 0 Å². The molecule has 1 rings (SSSR count). The van der Waals surface area contributed by atoms with Crippen molar-refractivity contribution < 1.29 is 9.90 Å². The molecule has 0 saturated heterocycles. The number of aliphatic hydroxyl groups is 1. The topological polar surface area (TPSA) is 49.3 Å². The summed E-state index contributed by atoms with van der Waals surface area (Å²) in [5.41, 5.74) is 0.231. The average molecular weight is 320 g/mol. The van der Waals surface area contributed by atoms with Crippen LogP contribution in [0.15, 0.2) is 9.85 Å². The van der Waals surface area contributed by atoms with Gasteiger partial charge < -0.3 is 10.4 Å². The number of amides is 1. The van der Waals surface area contributed by atoms with Crippen molar-refractivity contribution in [3.8, 4) is 0 Å². The van der Waals surface area contributed by atoms with Gasteiger partial charge in [0.2, 0.25) is 0 Å². The molecule has 17 heavy (non-hydrogen) atoms. The molecule has 0 fully saturated rings. The minimum Gasteiger partial charge on any atom is -0.388 e. The summed E-state index contributed by atoms with van der Waals surface area (Å²) >= 11 is 4.80. The quantitative estimate of drug-likeness (QED) is 0.876. The highest BCUT2D eigenvalue weighted by Gasteiger charge is 2.21. The van der Waals surface area contributed by atoms with E-state index in [4.69, 9.17) is 0 Å². The lowest BCUT2D eigenvalue weighted by Crippen LogP contribution is -2.40. The number of carbonyl (C=O) groups excluding carboxylic acids is 1. The molecule has 0 radical (unpaired) electrons. The molecule has 0 spiro atoms. The van der Waals surface area contributed by atoms with Crippen molar-refractivity contribution >= 4 is 33.2 Å². The van der Waals surface area contributed by atoms with Crippen LogP contribution in [0.4, 0.5) is 0 Å². The third-order valence-electron chi connectivity index (χ3n) is 2.50. The lowest BCUT2D eigenvalue weighted by molar-refractivity contribution is 0.0470. The Morgan fingerprint density at radius 2 is 2.29 bits per heavy atom. The fraction of sp³-hybridized carbons (Fsp3) is 0.583. The molecule has 1 amide bonds. The van der Waals surface area contributed by atoms with Gasteiger partial charge in [0, 0.05) is 6.54 Å². The van der Waals surface area contributed by atoms with Crippen molar-refractivity contribution in [3.63, 3.8) is 0 Å². The molecule has 1 unspecified atom stereocenters. The molecular weight excluding hydrogens is 302 g/mol. The van der Waals surface area contributed by atoms with E-state index >= 15 is 0 Å². The van der Waals surface area contributed by atoms with Crippen LogP contribution in [0.2, 0.25) is 0 Å². The number of halogens is 1. The van der Waals surface area contributed by atoms with E-state index in [1.807, 2.05) is 19.9 Å². The Kier molecular flexibility index (Phi) is 5.16. The normalized spacial score (nSPS) is 14.4. The lowest BCUT2D eigenvalue weighted by atomic mass is 10.0. The summed E-state index contributed by atoms with van der Waals surface area (Å²) in [5, 5.41) is 12.7. The van der Waals surface area contributed by atoms with Gasteiger partial charge in [-0.3, -0.25) is 4.79 Å². The number of aryl methyl sites for hydroxylation is 1. The Morgan fingerprint density at radius 3 is 2.76 bits per heavy atom. The van der Waals surface area contributed by atoms with Gasteiger partial charge in [-0.15, -0.1) is 11.3 Å². The molecule has 5 heteroatoms. The smallest absolute Gasteiger partial charge is 0.261 e. The first-order valence-corrected chi connectivity index (χ1v) is 7.23. The molecule has 1 heterocycles. The molecule has 0 saturated carbocycles. The van der Waals surface area contributed by atoms with Gasteiger partial charge in [0.05, 0.1) is 14.3 Å². The van der Waals surface area contributed by atoms with E-state index in [9.17, 15) is 9.90 Å². The molecule has 0 aliphatic rings. The van der Waals surface area contributed by atoms with Gasteiger partial charge in [-0.2, -0.15) is 0 Å². The van der Waals surface area contributed by atoms with Crippen LogP contribution < -0.4 is 5.32 Å². The number of rotatable bonds is 5. The van der Waals surface area contributed by atoms with Crippen LogP contribution in [0, 0.1) is 6.92 Å². The Balaban J connectivity index is 2.56. The van der Waals surface area contributed by atoms with Gasteiger partial charge in [0.15, 0.2) is 0 Å². The highest BCUT2D eigenvalue weighted by atomic mass is 79.9. The molecule has 1 aromatic rings. The Labute approximate surface area is 114 Å². The largest absolute Gasteiger partial charge is 0.388 e.